The molecule has 0 aliphatic carbocycles. The van der Waals surface area contributed by atoms with Gasteiger partial charge in [-0.15, -0.1) is 24.8 Å². The number of rotatable bonds is 3. The van der Waals surface area contributed by atoms with E-state index >= 15 is 0 Å². The maximum absolute atomic E-state index is 13.3. The molecule has 22 heavy (non-hydrogen) atoms. The molecule has 1 aliphatic rings. The maximum atomic E-state index is 13.3. The van der Waals surface area contributed by atoms with Crippen molar-refractivity contribution in [3.05, 3.63) is 34.3 Å². The fourth-order valence-corrected chi connectivity index (χ4v) is 2.76. The molecular weight excluding hydrogens is 367 g/mol. The molecule has 0 radical (unpaired) electrons. The number of alkyl halides is 4. The van der Waals surface area contributed by atoms with Crippen molar-refractivity contribution >= 4 is 36.4 Å². The SMILES string of the molecule is Cl.Cl.FC[C@@H](c1cccc(C(F)(F)F)c1Cl)N1CCNCC1. The van der Waals surface area contributed by atoms with Gasteiger partial charge < -0.3 is 5.32 Å². The van der Waals surface area contributed by atoms with Crippen LogP contribution in [-0.2, 0) is 6.18 Å². The third-order valence-electron chi connectivity index (χ3n) is 3.43. The molecule has 128 valence electrons. The lowest BCUT2D eigenvalue weighted by Gasteiger charge is -2.34. The highest BCUT2D eigenvalue weighted by molar-refractivity contribution is 6.32. The average Bonchev–Trinajstić information content (AvgIpc) is 2.41. The largest absolute Gasteiger partial charge is 0.417 e. The average molecular weight is 384 g/mol. The number of piperazine rings is 1. The topological polar surface area (TPSA) is 15.3 Å². The van der Waals surface area contributed by atoms with Gasteiger partial charge in [-0.2, -0.15) is 13.2 Å². The van der Waals surface area contributed by atoms with Gasteiger partial charge in [0.1, 0.15) is 6.67 Å². The second-order valence-electron chi connectivity index (χ2n) is 4.66. The molecule has 0 unspecified atom stereocenters. The number of halogens is 7. The Bertz CT molecular complexity index is 465. The van der Waals surface area contributed by atoms with E-state index in [0.29, 0.717) is 26.2 Å². The lowest BCUT2D eigenvalue weighted by atomic mass is 10.0. The Hall–Kier alpha value is -0.270. The minimum Gasteiger partial charge on any atom is -0.314 e. The van der Waals surface area contributed by atoms with E-state index in [1.807, 2.05) is 4.90 Å². The van der Waals surface area contributed by atoms with E-state index in [2.05, 4.69) is 5.32 Å². The van der Waals surface area contributed by atoms with Crippen LogP contribution in [0.3, 0.4) is 0 Å². The van der Waals surface area contributed by atoms with Gasteiger partial charge in [-0.1, -0.05) is 23.7 Å². The highest BCUT2D eigenvalue weighted by atomic mass is 35.5. The molecule has 0 amide bonds. The summed E-state index contributed by atoms with van der Waals surface area (Å²) in [5, 5.41) is 2.72. The summed E-state index contributed by atoms with van der Waals surface area (Å²) >= 11 is 5.86. The molecule has 0 spiro atoms. The maximum Gasteiger partial charge on any atom is 0.417 e. The minimum absolute atomic E-state index is 0. The summed E-state index contributed by atoms with van der Waals surface area (Å²) in [4.78, 5) is 1.82. The van der Waals surface area contributed by atoms with Crippen molar-refractivity contribution in [3.8, 4) is 0 Å². The highest BCUT2D eigenvalue weighted by Crippen LogP contribution is 2.39. The van der Waals surface area contributed by atoms with Crippen molar-refractivity contribution < 1.29 is 17.6 Å². The number of benzene rings is 1. The monoisotopic (exact) mass is 382 g/mol. The molecule has 1 N–H and O–H groups in total. The predicted octanol–water partition coefficient (Wildman–Crippen LogP) is 4.12. The van der Waals surface area contributed by atoms with E-state index in [1.54, 1.807) is 0 Å². The molecular formula is C13H17Cl3F4N2. The van der Waals surface area contributed by atoms with Gasteiger partial charge in [0, 0.05) is 26.2 Å². The Morgan fingerprint density at radius 2 is 1.77 bits per heavy atom. The Morgan fingerprint density at radius 3 is 2.27 bits per heavy atom. The second-order valence-corrected chi connectivity index (χ2v) is 5.04. The number of hydrogen-bond acceptors (Lipinski definition) is 2. The van der Waals surface area contributed by atoms with Crippen LogP contribution in [0.4, 0.5) is 17.6 Å². The molecule has 1 aromatic carbocycles. The van der Waals surface area contributed by atoms with E-state index in [-0.39, 0.29) is 30.4 Å². The summed E-state index contributed by atoms with van der Waals surface area (Å²) in [7, 11) is 0. The van der Waals surface area contributed by atoms with Crippen molar-refractivity contribution in [2.75, 3.05) is 32.9 Å². The Labute approximate surface area is 144 Å². The van der Waals surface area contributed by atoms with Crippen LogP contribution < -0.4 is 5.32 Å². The van der Waals surface area contributed by atoms with Gasteiger partial charge in [0.25, 0.3) is 0 Å². The van der Waals surface area contributed by atoms with Crippen molar-refractivity contribution in [2.24, 2.45) is 0 Å². The van der Waals surface area contributed by atoms with Crippen molar-refractivity contribution in [1.29, 1.82) is 0 Å². The third-order valence-corrected chi connectivity index (χ3v) is 3.85. The highest BCUT2D eigenvalue weighted by Gasteiger charge is 2.35. The van der Waals surface area contributed by atoms with Crippen LogP contribution in [0, 0.1) is 0 Å². The Kier molecular flexibility index (Phi) is 9.02. The Balaban J connectivity index is 0.00000220. The fraction of sp³-hybridized carbons (Fsp3) is 0.538. The van der Waals surface area contributed by atoms with Gasteiger partial charge >= 0.3 is 6.18 Å². The molecule has 0 bridgehead atoms. The summed E-state index contributed by atoms with van der Waals surface area (Å²) in [6, 6.07) is 2.92. The molecule has 2 nitrogen and oxygen atoms in total. The number of hydrogen-bond donors (Lipinski definition) is 1. The van der Waals surface area contributed by atoms with Gasteiger partial charge in [-0.3, -0.25) is 4.90 Å². The van der Waals surface area contributed by atoms with Crippen LogP contribution in [0.2, 0.25) is 5.02 Å². The Morgan fingerprint density at radius 1 is 1.18 bits per heavy atom. The first-order valence-electron chi connectivity index (χ1n) is 6.31. The molecule has 9 heteroatoms. The van der Waals surface area contributed by atoms with E-state index in [0.717, 1.165) is 6.07 Å². The first kappa shape index (κ1) is 21.7. The molecule has 2 rings (SSSR count). The van der Waals surface area contributed by atoms with Crippen molar-refractivity contribution in [2.45, 2.75) is 12.2 Å². The summed E-state index contributed by atoms with van der Waals surface area (Å²) in [6.07, 6.45) is -4.53. The first-order chi connectivity index (χ1) is 9.45. The molecule has 1 aliphatic heterocycles. The van der Waals surface area contributed by atoms with Crippen molar-refractivity contribution in [1.82, 2.24) is 10.2 Å². The van der Waals surface area contributed by atoms with Gasteiger partial charge in [0.2, 0.25) is 0 Å². The zero-order valence-corrected chi connectivity index (χ0v) is 13.9. The van der Waals surface area contributed by atoms with Crippen LogP contribution in [0.1, 0.15) is 17.2 Å². The van der Waals surface area contributed by atoms with Gasteiger partial charge in [-0.25, -0.2) is 4.39 Å². The van der Waals surface area contributed by atoms with Crippen LogP contribution in [0.25, 0.3) is 0 Å². The second kappa shape index (κ2) is 9.13. The van der Waals surface area contributed by atoms with E-state index in [4.69, 9.17) is 11.6 Å². The fourth-order valence-electron chi connectivity index (χ4n) is 2.40. The molecule has 0 aromatic heterocycles. The summed E-state index contributed by atoms with van der Waals surface area (Å²) < 4.78 is 51.8. The van der Waals surface area contributed by atoms with E-state index < -0.39 is 29.5 Å². The number of nitrogens with zero attached hydrogens (tertiary/aromatic N) is 1. The van der Waals surface area contributed by atoms with E-state index in [9.17, 15) is 17.6 Å². The van der Waals surface area contributed by atoms with Gasteiger partial charge in [0.05, 0.1) is 16.6 Å². The van der Waals surface area contributed by atoms with Crippen LogP contribution in [0.15, 0.2) is 18.2 Å². The smallest absolute Gasteiger partial charge is 0.314 e. The van der Waals surface area contributed by atoms with Crippen LogP contribution in [0.5, 0.6) is 0 Å². The zero-order valence-electron chi connectivity index (χ0n) is 11.5. The molecule has 0 saturated carbocycles. The molecule has 1 atom stereocenters. The first-order valence-corrected chi connectivity index (χ1v) is 6.69. The molecule has 1 heterocycles. The predicted molar refractivity (Wildman–Crippen MR) is 84.1 cm³/mol. The quantitative estimate of drug-likeness (QED) is 0.790. The van der Waals surface area contributed by atoms with E-state index in [1.165, 1.54) is 12.1 Å². The normalized spacial score (nSPS) is 17.3. The van der Waals surface area contributed by atoms with Gasteiger partial charge in [-0.05, 0) is 11.6 Å². The molecule has 1 saturated heterocycles. The zero-order chi connectivity index (χ0) is 14.8. The minimum atomic E-state index is -4.53. The molecule has 1 aromatic rings. The summed E-state index contributed by atoms with van der Waals surface area (Å²) in [6.45, 7) is 1.78. The number of nitrogens with one attached hydrogen (secondary N) is 1. The standard InChI is InChI=1S/C13H15ClF4N2.2ClH/c14-12-9(2-1-3-10(12)13(16,17)18)11(8-15)20-6-4-19-5-7-20;;/h1-3,11,19H,4-8H2;2*1H/t11-;;/m0../s1. The van der Waals surface area contributed by atoms with Crippen molar-refractivity contribution in [3.63, 3.8) is 0 Å². The lowest BCUT2D eigenvalue weighted by Crippen LogP contribution is -2.45. The third kappa shape index (κ3) is 4.86. The molecule has 1 fully saturated rings. The lowest BCUT2D eigenvalue weighted by molar-refractivity contribution is -0.137. The van der Waals surface area contributed by atoms with Crippen LogP contribution >= 0.6 is 36.4 Å². The summed E-state index contributed by atoms with van der Waals surface area (Å²) in [5.41, 5.74) is -0.712. The summed E-state index contributed by atoms with van der Waals surface area (Å²) in [5.74, 6) is 0. The van der Waals surface area contributed by atoms with Gasteiger partial charge in [0.15, 0.2) is 0 Å². The van der Waals surface area contributed by atoms with Crippen LogP contribution in [-0.4, -0.2) is 37.8 Å².